The highest BCUT2D eigenvalue weighted by Crippen LogP contribution is 2.36. The minimum absolute atomic E-state index is 0.313. The predicted octanol–water partition coefficient (Wildman–Crippen LogP) is 5.46. The first-order chi connectivity index (χ1) is 14.3. The first kappa shape index (κ1) is 20.4. The van der Waals surface area contributed by atoms with Gasteiger partial charge in [0, 0.05) is 35.9 Å². The van der Waals surface area contributed by atoms with Crippen LogP contribution < -0.4 is 4.90 Å². The number of pyridine rings is 1. The van der Waals surface area contributed by atoms with E-state index in [2.05, 4.69) is 4.98 Å². The van der Waals surface area contributed by atoms with Gasteiger partial charge >= 0.3 is 6.03 Å². The molecule has 7 heteroatoms. The van der Waals surface area contributed by atoms with Crippen molar-refractivity contribution in [2.75, 3.05) is 11.9 Å². The van der Waals surface area contributed by atoms with Crippen molar-refractivity contribution < 1.29 is 9.59 Å². The molecule has 1 atom stereocenters. The topological polar surface area (TPSA) is 53.5 Å². The molecule has 0 radical (unpaired) electrons. The summed E-state index contributed by atoms with van der Waals surface area (Å²) in [5, 5.41) is 0.724. The number of amides is 3. The highest BCUT2D eigenvalue weighted by atomic mass is 35.5. The van der Waals surface area contributed by atoms with Gasteiger partial charge in [-0.1, -0.05) is 47.5 Å². The van der Waals surface area contributed by atoms with Gasteiger partial charge in [-0.25, -0.2) is 9.69 Å². The van der Waals surface area contributed by atoms with Gasteiger partial charge in [-0.05, 0) is 53.9 Å². The van der Waals surface area contributed by atoms with Crippen LogP contribution >= 0.6 is 23.2 Å². The molecule has 0 saturated carbocycles. The van der Waals surface area contributed by atoms with Crippen LogP contribution in [0.25, 0.3) is 11.1 Å². The second-order valence-corrected chi connectivity index (χ2v) is 8.37. The maximum absolute atomic E-state index is 13.3. The summed E-state index contributed by atoms with van der Waals surface area (Å²) in [4.78, 5) is 32.9. The summed E-state index contributed by atoms with van der Waals surface area (Å²) in [7, 11) is 1.64. The Labute approximate surface area is 184 Å². The molecule has 3 aromatic rings. The van der Waals surface area contributed by atoms with E-state index in [0.29, 0.717) is 22.2 Å². The van der Waals surface area contributed by atoms with E-state index < -0.39 is 11.6 Å². The summed E-state index contributed by atoms with van der Waals surface area (Å²) in [5.41, 5.74) is 2.42. The molecule has 1 aromatic heterocycles. The van der Waals surface area contributed by atoms with Crippen molar-refractivity contribution in [1.29, 1.82) is 0 Å². The van der Waals surface area contributed by atoms with Gasteiger partial charge in [-0.3, -0.25) is 9.78 Å². The largest absolute Gasteiger partial charge is 0.332 e. The van der Waals surface area contributed by atoms with E-state index in [9.17, 15) is 9.59 Å². The molecule has 0 aliphatic carbocycles. The second-order valence-electron chi connectivity index (χ2n) is 7.49. The van der Waals surface area contributed by atoms with E-state index in [0.717, 1.165) is 21.6 Å². The van der Waals surface area contributed by atoms with Crippen molar-refractivity contribution in [2.24, 2.45) is 0 Å². The maximum atomic E-state index is 13.3. The number of hydrogen-bond donors (Lipinski definition) is 0. The van der Waals surface area contributed by atoms with Crippen molar-refractivity contribution >= 4 is 40.8 Å². The molecule has 152 valence electrons. The zero-order valence-corrected chi connectivity index (χ0v) is 18.0. The Balaban J connectivity index is 1.62. The van der Waals surface area contributed by atoms with Gasteiger partial charge < -0.3 is 4.90 Å². The highest BCUT2D eigenvalue weighted by Gasteiger charge is 2.53. The number of rotatable bonds is 4. The van der Waals surface area contributed by atoms with Crippen molar-refractivity contribution in [3.8, 4) is 11.1 Å². The lowest BCUT2D eigenvalue weighted by molar-refractivity contribution is -0.123. The monoisotopic (exact) mass is 439 g/mol. The molecule has 2 heterocycles. The fourth-order valence-electron chi connectivity index (χ4n) is 3.68. The Hall–Kier alpha value is -2.89. The van der Waals surface area contributed by atoms with Gasteiger partial charge in [0.25, 0.3) is 5.91 Å². The summed E-state index contributed by atoms with van der Waals surface area (Å²) in [6, 6.07) is 16.1. The Morgan fingerprint density at radius 1 is 0.900 bits per heavy atom. The van der Waals surface area contributed by atoms with Crippen molar-refractivity contribution in [2.45, 2.75) is 18.9 Å². The lowest BCUT2D eigenvalue weighted by Crippen LogP contribution is -2.47. The van der Waals surface area contributed by atoms with Crippen LogP contribution in [0.1, 0.15) is 12.5 Å². The number of carbonyl (C=O) groups is 2. The standard InChI is InChI=1S/C23H19Cl2N3O2/c1-23(14-15-3-5-16(6-4-15)17-7-9-26-10-8-17)21(29)28(22(30)27(23)2)20-12-18(24)11-19(25)13-20/h3-13H,14H2,1-2H3. The van der Waals surface area contributed by atoms with Crippen LogP contribution in [0, 0.1) is 0 Å². The number of hydrogen-bond acceptors (Lipinski definition) is 3. The van der Waals surface area contributed by atoms with E-state index >= 15 is 0 Å². The van der Waals surface area contributed by atoms with E-state index in [1.165, 1.54) is 4.90 Å². The molecular formula is C23H19Cl2N3O2. The number of nitrogens with zero attached hydrogens (tertiary/aromatic N) is 3. The first-order valence-electron chi connectivity index (χ1n) is 9.37. The third kappa shape index (κ3) is 3.55. The number of aromatic nitrogens is 1. The van der Waals surface area contributed by atoms with Gasteiger partial charge in [0.2, 0.25) is 0 Å². The number of urea groups is 1. The van der Waals surface area contributed by atoms with Crippen LogP contribution in [-0.4, -0.2) is 34.4 Å². The molecule has 1 aliphatic rings. The second kappa shape index (κ2) is 7.74. The minimum Gasteiger partial charge on any atom is -0.312 e. The zero-order valence-electron chi connectivity index (χ0n) is 16.5. The number of halogens is 2. The predicted molar refractivity (Wildman–Crippen MR) is 119 cm³/mol. The van der Waals surface area contributed by atoms with E-state index in [1.807, 2.05) is 36.4 Å². The summed E-state index contributed by atoms with van der Waals surface area (Å²) >= 11 is 12.2. The Morgan fingerprint density at radius 3 is 2.07 bits per heavy atom. The molecule has 30 heavy (non-hydrogen) atoms. The van der Waals surface area contributed by atoms with Crippen LogP contribution in [-0.2, 0) is 11.2 Å². The summed E-state index contributed by atoms with van der Waals surface area (Å²) in [6.45, 7) is 1.77. The van der Waals surface area contributed by atoms with Crippen LogP contribution in [0.5, 0.6) is 0 Å². The van der Waals surface area contributed by atoms with E-state index in [-0.39, 0.29) is 5.91 Å². The quantitative estimate of drug-likeness (QED) is 0.507. The van der Waals surface area contributed by atoms with Gasteiger partial charge in [-0.2, -0.15) is 0 Å². The Morgan fingerprint density at radius 2 is 1.47 bits per heavy atom. The molecule has 1 saturated heterocycles. The molecule has 0 N–H and O–H groups in total. The number of imide groups is 1. The lowest BCUT2D eigenvalue weighted by atomic mass is 9.90. The summed E-state index contributed by atoms with van der Waals surface area (Å²) in [6.07, 6.45) is 3.88. The lowest BCUT2D eigenvalue weighted by Gasteiger charge is -2.28. The van der Waals surface area contributed by atoms with Crippen molar-refractivity contribution in [1.82, 2.24) is 9.88 Å². The first-order valence-corrected chi connectivity index (χ1v) is 10.1. The minimum atomic E-state index is -1.02. The molecule has 1 unspecified atom stereocenters. The molecule has 1 fully saturated rings. The Bertz CT molecular complexity index is 1100. The molecule has 0 bridgehead atoms. The van der Waals surface area contributed by atoms with Crippen molar-refractivity contribution in [3.05, 3.63) is 82.6 Å². The van der Waals surface area contributed by atoms with Gasteiger partial charge in [0.1, 0.15) is 5.54 Å². The number of anilines is 1. The molecule has 0 spiro atoms. The average molecular weight is 440 g/mol. The summed E-state index contributed by atoms with van der Waals surface area (Å²) in [5.74, 6) is -0.313. The fraction of sp³-hybridized carbons (Fsp3) is 0.174. The number of benzene rings is 2. The van der Waals surface area contributed by atoms with E-state index in [1.54, 1.807) is 44.6 Å². The number of carbonyl (C=O) groups excluding carboxylic acids is 2. The Kier molecular flexibility index (Phi) is 5.26. The normalized spacial score (nSPS) is 18.9. The third-order valence-corrected chi connectivity index (χ3v) is 5.94. The fourth-order valence-corrected chi connectivity index (χ4v) is 4.19. The SMILES string of the molecule is CN1C(=O)N(c2cc(Cl)cc(Cl)c2)C(=O)C1(C)Cc1ccc(-c2ccncc2)cc1. The van der Waals surface area contributed by atoms with E-state index in [4.69, 9.17) is 23.2 Å². The van der Waals surface area contributed by atoms with Crippen molar-refractivity contribution in [3.63, 3.8) is 0 Å². The van der Waals surface area contributed by atoms with Gasteiger partial charge in [0.15, 0.2) is 0 Å². The molecule has 5 nitrogen and oxygen atoms in total. The molecular weight excluding hydrogens is 421 g/mol. The molecule has 3 amide bonds. The summed E-state index contributed by atoms with van der Waals surface area (Å²) < 4.78 is 0. The van der Waals surface area contributed by atoms with Gasteiger partial charge in [0.05, 0.1) is 5.69 Å². The zero-order chi connectivity index (χ0) is 21.5. The van der Waals surface area contributed by atoms with Crippen LogP contribution in [0.4, 0.5) is 10.5 Å². The van der Waals surface area contributed by atoms with Crippen LogP contribution in [0.2, 0.25) is 10.0 Å². The highest BCUT2D eigenvalue weighted by molar-refractivity contribution is 6.35. The third-order valence-electron chi connectivity index (χ3n) is 5.50. The van der Waals surface area contributed by atoms with Crippen LogP contribution in [0.15, 0.2) is 67.0 Å². The number of likely N-dealkylation sites (N-methyl/N-ethyl adjacent to an activating group) is 1. The molecule has 2 aromatic carbocycles. The average Bonchev–Trinajstić information content (AvgIpc) is 2.89. The molecule has 4 rings (SSSR count). The molecule has 1 aliphatic heterocycles. The smallest absolute Gasteiger partial charge is 0.312 e. The van der Waals surface area contributed by atoms with Gasteiger partial charge in [-0.15, -0.1) is 0 Å². The maximum Gasteiger partial charge on any atom is 0.332 e. The van der Waals surface area contributed by atoms with Crippen LogP contribution in [0.3, 0.4) is 0 Å².